The van der Waals surface area contributed by atoms with Gasteiger partial charge in [0.25, 0.3) is 0 Å². The predicted octanol–water partition coefficient (Wildman–Crippen LogP) is 9.94. The molecule has 0 amide bonds. The van der Waals surface area contributed by atoms with E-state index in [1.807, 2.05) is 0 Å². The Morgan fingerprint density at radius 2 is 0.684 bits per heavy atom. The normalized spacial score (nSPS) is 11.8. The van der Waals surface area contributed by atoms with E-state index in [4.69, 9.17) is 9.72 Å². The Balaban J connectivity index is 0. The molecule has 1 aromatic heterocycles. The third kappa shape index (κ3) is 37.0. The highest BCUT2D eigenvalue weighted by atomic mass is 35.5. The molecule has 0 N–H and O–H groups in total. The fourth-order valence-electron chi connectivity index (χ4n) is 8.37. The van der Waals surface area contributed by atoms with E-state index >= 15 is 0 Å². The van der Waals surface area contributed by atoms with Crippen molar-refractivity contribution in [1.29, 1.82) is 0 Å². The van der Waals surface area contributed by atoms with Crippen molar-refractivity contribution >= 4 is 0 Å². The summed E-state index contributed by atoms with van der Waals surface area (Å²) in [5.74, 6) is 1.01. The fourth-order valence-corrected chi connectivity index (χ4v) is 8.37. The van der Waals surface area contributed by atoms with E-state index in [1.54, 1.807) is 0 Å². The molecule has 57 heavy (non-hydrogen) atoms. The van der Waals surface area contributed by atoms with Gasteiger partial charge in [-0.1, -0.05) is 207 Å². The lowest BCUT2D eigenvalue weighted by Gasteiger charge is -2.31. The summed E-state index contributed by atoms with van der Waals surface area (Å²) in [4.78, 5) is 5.31. The SMILES string of the molecule is CCCCCCCCCCCCCCCCCC[N+](C)(C)Cc1ccc(OCCCC)c(C[N+](C)(C)CCCCCCCCCCCCCCCCCC)n1.[Cl-].[Cl-]. The number of quaternary nitrogens is 2. The lowest BCUT2D eigenvalue weighted by Crippen LogP contribution is -3.00. The first-order chi connectivity index (χ1) is 26.7. The van der Waals surface area contributed by atoms with Crippen molar-refractivity contribution in [3.63, 3.8) is 0 Å². The quantitative estimate of drug-likeness (QED) is 0.0484. The Morgan fingerprint density at radius 1 is 0.386 bits per heavy atom. The van der Waals surface area contributed by atoms with Crippen LogP contribution < -0.4 is 29.6 Å². The van der Waals surface area contributed by atoms with Gasteiger partial charge < -0.3 is 38.5 Å². The minimum atomic E-state index is 0. The van der Waals surface area contributed by atoms with E-state index < -0.39 is 0 Å². The van der Waals surface area contributed by atoms with Gasteiger partial charge in [-0.2, -0.15) is 0 Å². The average Bonchev–Trinajstić information content (AvgIpc) is 3.15. The van der Waals surface area contributed by atoms with Gasteiger partial charge >= 0.3 is 0 Å². The molecule has 4 nitrogen and oxygen atoms in total. The van der Waals surface area contributed by atoms with Gasteiger partial charge in [-0.05, 0) is 44.2 Å². The molecule has 6 heteroatoms. The molecule has 0 spiro atoms. The average molecular weight is 843 g/mol. The molecule has 0 saturated carbocycles. The fraction of sp³-hybridized carbons (Fsp3) is 0.902. The molecule has 340 valence electrons. The van der Waals surface area contributed by atoms with Gasteiger partial charge in [0.05, 0.1) is 53.6 Å². The van der Waals surface area contributed by atoms with Crippen molar-refractivity contribution in [2.24, 2.45) is 0 Å². The highest BCUT2D eigenvalue weighted by Gasteiger charge is 2.23. The number of nitrogens with zero attached hydrogens (tertiary/aromatic N) is 3. The molecule has 0 fully saturated rings. The molecule has 0 atom stereocenters. The molecule has 1 rings (SSSR count). The van der Waals surface area contributed by atoms with Crippen LogP contribution in [0.3, 0.4) is 0 Å². The van der Waals surface area contributed by atoms with Crippen molar-refractivity contribution < 1.29 is 38.5 Å². The van der Waals surface area contributed by atoms with Gasteiger partial charge in [0.1, 0.15) is 24.5 Å². The minimum absolute atomic E-state index is 0. The maximum absolute atomic E-state index is 6.33. The van der Waals surface area contributed by atoms with E-state index in [2.05, 4.69) is 61.1 Å². The minimum Gasteiger partial charge on any atom is -1.00 e. The standard InChI is InChI=1S/C51H101N3O.2ClH/c1-8-11-14-16-18-20-22-24-26-28-30-32-34-36-38-40-44-53(4,5)47-49-42-43-51(55-46-13-10-3)50(52-49)48-54(6,7)45-41-39-37-35-33-31-29-27-25-23-21-19-17-15-12-9-2;;/h42-43H,8-41,44-48H2,1-7H3;2*1H/q+2;;/p-2. The van der Waals surface area contributed by atoms with Crippen LogP contribution in [0.4, 0.5) is 0 Å². The van der Waals surface area contributed by atoms with Gasteiger partial charge in [-0.25, -0.2) is 4.98 Å². The number of unbranched alkanes of at least 4 members (excludes halogenated alkanes) is 31. The molecule has 0 unspecified atom stereocenters. The third-order valence-corrected chi connectivity index (χ3v) is 12.1. The van der Waals surface area contributed by atoms with Crippen molar-refractivity contribution in [3.05, 3.63) is 23.5 Å². The monoisotopic (exact) mass is 842 g/mol. The smallest absolute Gasteiger partial charge is 0.146 e. The summed E-state index contributed by atoms with van der Waals surface area (Å²) in [7, 11) is 9.59. The van der Waals surface area contributed by atoms with Crippen molar-refractivity contribution in [2.75, 3.05) is 47.9 Å². The number of hydrogen-bond donors (Lipinski definition) is 0. The van der Waals surface area contributed by atoms with Gasteiger partial charge in [0, 0.05) is 0 Å². The predicted molar refractivity (Wildman–Crippen MR) is 245 cm³/mol. The van der Waals surface area contributed by atoms with Crippen LogP contribution in [0.2, 0.25) is 0 Å². The lowest BCUT2D eigenvalue weighted by molar-refractivity contribution is -0.905. The summed E-state index contributed by atoms with van der Waals surface area (Å²) >= 11 is 0. The zero-order chi connectivity index (χ0) is 40.1. The van der Waals surface area contributed by atoms with Crippen LogP contribution in [0.5, 0.6) is 5.75 Å². The van der Waals surface area contributed by atoms with E-state index in [0.29, 0.717) is 0 Å². The van der Waals surface area contributed by atoms with Crippen LogP contribution in [0.25, 0.3) is 0 Å². The maximum Gasteiger partial charge on any atom is 0.146 e. The molecule has 0 aliphatic rings. The Morgan fingerprint density at radius 3 is 1.02 bits per heavy atom. The Labute approximate surface area is 371 Å². The Bertz CT molecular complexity index is 972. The van der Waals surface area contributed by atoms with Gasteiger partial charge in [0.2, 0.25) is 0 Å². The molecule has 0 aromatic carbocycles. The van der Waals surface area contributed by atoms with E-state index in [-0.39, 0.29) is 24.8 Å². The lowest BCUT2D eigenvalue weighted by atomic mass is 10.0. The molecule has 0 radical (unpaired) electrons. The second-order valence-electron chi connectivity index (χ2n) is 19.2. The summed E-state index contributed by atoms with van der Waals surface area (Å²) in [5, 5.41) is 0. The van der Waals surface area contributed by atoms with E-state index in [0.717, 1.165) is 52.9 Å². The largest absolute Gasteiger partial charge is 1.00 e. The summed E-state index contributed by atoms with van der Waals surface area (Å²) in [5.41, 5.74) is 2.39. The molecular formula is C51H101Cl2N3O. The summed E-state index contributed by atoms with van der Waals surface area (Å²) in [6, 6.07) is 4.48. The number of halogens is 2. The first-order valence-electron chi connectivity index (χ1n) is 25.0. The molecule has 0 aliphatic carbocycles. The highest BCUT2D eigenvalue weighted by molar-refractivity contribution is 5.29. The van der Waals surface area contributed by atoms with Crippen LogP contribution >= 0.6 is 0 Å². The third-order valence-electron chi connectivity index (χ3n) is 12.1. The number of rotatable bonds is 42. The summed E-state index contributed by atoms with van der Waals surface area (Å²) in [6.07, 6.45) is 47.9. The molecule has 1 heterocycles. The summed E-state index contributed by atoms with van der Waals surface area (Å²) < 4.78 is 8.32. The molecule has 0 saturated heterocycles. The van der Waals surface area contributed by atoms with E-state index in [1.165, 1.54) is 224 Å². The Hall–Kier alpha value is -0.550. The van der Waals surface area contributed by atoms with Gasteiger partial charge in [-0.3, -0.25) is 0 Å². The maximum atomic E-state index is 6.33. The second-order valence-corrected chi connectivity index (χ2v) is 19.2. The Kier molecular flexibility index (Phi) is 41.9. The summed E-state index contributed by atoms with van der Waals surface area (Å²) in [6.45, 7) is 12.0. The topological polar surface area (TPSA) is 22.1 Å². The number of hydrogen-bond acceptors (Lipinski definition) is 2. The number of aromatic nitrogens is 1. The zero-order valence-electron chi connectivity index (χ0n) is 39.7. The molecule has 1 aromatic rings. The number of ether oxygens (including phenoxy) is 1. The first-order valence-corrected chi connectivity index (χ1v) is 25.0. The number of pyridine rings is 1. The van der Waals surface area contributed by atoms with Crippen LogP contribution in [0.15, 0.2) is 12.1 Å². The van der Waals surface area contributed by atoms with Crippen LogP contribution in [0.1, 0.15) is 250 Å². The van der Waals surface area contributed by atoms with E-state index in [9.17, 15) is 0 Å². The van der Waals surface area contributed by atoms with Crippen LogP contribution in [0, 0.1) is 0 Å². The van der Waals surface area contributed by atoms with Gasteiger partial charge in [-0.15, -0.1) is 0 Å². The second kappa shape index (κ2) is 40.8. The first kappa shape index (κ1) is 58.5. The highest BCUT2D eigenvalue weighted by Crippen LogP contribution is 2.24. The molecule has 0 bridgehead atoms. The van der Waals surface area contributed by atoms with Crippen molar-refractivity contribution in [2.45, 2.75) is 252 Å². The van der Waals surface area contributed by atoms with Crippen LogP contribution in [-0.2, 0) is 13.1 Å². The molecule has 0 aliphatic heterocycles. The van der Waals surface area contributed by atoms with Gasteiger partial charge in [0.15, 0.2) is 0 Å². The van der Waals surface area contributed by atoms with Crippen molar-refractivity contribution in [1.82, 2.24) is 4.98 Å². The van der Waals surface area contributed by atoms with Crippen LogP contribution in [-0.4, -0.2) is 61.8 Å². The molecular weight excluding hydrogens is 741 g/mol. The van der Waals surface area contributed by atoms with Crippen molar-refractivity contribution in [3.8, 4) is 5.75 Å². The zero-order valence-corrected chi connectivity index (χ0v) is 41.2.